The molecule has 0 amide bonds. The summed E-state index contributed by atoms with van der Waals surface area (Å²) in [6.07, 6.45) is 0. The second-order valence-corrected chi connectivity index (χ2v) is 11.8. The zero-order valence-corrected chi connectivity index (χ0v) is 23.9. The number of aromatic nitrogens is 1. The van der Waals surface area contributed by atoms with Gasteiger partial charge >= 0.3 is 0 Å². The standard InChI is InChI=1S/C41H31N/c1-41(2)37-19-11-9-17-35(37)40-39(41)36-18-10-12-20-38(36)42(40)34-23-21-30(22-24-34)33-26-31(28-13-5-3-6-14-28)25-32(27-33)29-15-7-4-8-16-29/h3-27H,1-2H3. The molecule has 0 spiro atoms. The summed E-state index contributed by atoms with van der Waals surface area (Å²) in [5, 5.41) is 1.33. The highest BCUT2D eigenvalue weighted by molar-refractivity contribution is 5.99. The maximum absolute atomic E-state index is 2.47. The molecule has 0 fully saturated rings. The van der Waals surface area contributed by atoms with E-state index >= 15 is 0 Å². The van der Waals surface area contributed by atoms with Crippen LogP contribution in [-0.4, -0.2) is 4.57 Å². The van der Waals surface area contributed by atoms with Crippen molar-refractivity contribution in [2.24, 2.45) is 0 Å². The molecule has 6 aromatic carbocycles. The summed E-state index contributed by atoms with van der Waals surface area (Å²) < 4.78 is 2.47. The Balaban J connectivity index is 1.29. The highest BCUT2D eigenvalue weighted by atomic mass is 15.0. The van der Waals surface area contributed by atoms with Crippen LogP contribution >= 0.6 is 0 Å². The predicted molar refractivity (Wildman–Crippen MR) is 177 cm³/mol. The minimum atomic E-state index is -0.0531. The van der Waals surface area contributed by atoms with Crippen molar-refractivity contribution in [2.45, 2.75) is 19.3 Å². The van der Waals surface area contributed by atoms with Crippen molar-refractivity contribution in [2.75, 3.05) is 0 Å². The highest BCUT2D eigenvalue weighted by Crippen LogP contribution is 2.53. The van der Waals surface area contributed by atoms with Gasteiger partial charge in [-0.1, -0.05) is 129 Å². The van der Waals surface area contributed by atoms with E-state index in [-0.39, 0.29) is 5.41 Å². The highest BCUT2D eigenvalue weighted by Gasteiger charge is 2.40. The molecule has 1 nitrogen and oxygen atoms in total. The minimum absolute atomic E-state index is 0.0531. The Morgan fingerprint density at radius 2 is 0.952 bits per heavy atom. The first-order valence-electron chi connectivity index (χ1n) is 14.7. The molecule has 0 bridgehead atoms. The van der Waals surface area contributed by atoms with Crippen LogP contribution in [0.25, 0.3) is 61.2 Å². The van der Waals surface area contributed by atoms with Gasteiger partial charge in [0, 0.05) is 22.1 Å². The molecule has 1 aliphatic rings. The average Bonchev–Trinajstić information content (AvgIpc) is 3.52. The van der Waals surface area contributed by atoms with Gasteiger partial charge in [0.15, 0.2) is 0 Å². The Morgan fingerprint density at radius 3 is 1.57 bits per heavy atom. The Kier molecular flexibility index (Phi) is 5.55. The van der Waals surface area contributed by atoms with Crippen LogP contribution < -0.4 is 0 Å². The Hall–Kier alpha value is -5.14. The van der Waals surface area contributed by atoms with Crippen LogP contribution in [0.2, 0.25) is 0 Å². The molecule has 0 atom stereocenters. The van der Waals surface area contributed by atoms with Crippen molar-refractivity contribution >= 4 is 10.9 Å². The van der Waals surface area contributed by atoms with Gasteiger partial charge in [-0.2, -0.15) is 0 Å². The Labute approximate surface area is 247 Å². The van der Waals surface area contributed by atoms with Crippen molar-refractivity contribution in [1.29, 1.82) is 0 Å². The van der Waals surface area contributed by atoms with Gasteiger partial charge in [0.05, 0.1) is 11.2 Å². The maximum Gasteiger partial charge on any atom is 0.0584 e. The lowest BCUT2D eigenvalue weighted by Gasteiger charge is -2.21. The molecule has 1 aliphatic carbocycles. The van der Waals surface area contributed by atoms with Crippen LogP contribution in [0.3, 0.4) is 0 Å². The Morgan fingerprint density at radius 1 is 0.452 bits per heavy atom. The number of hydrogen-bond donors (Lipinski definition) is 0. The normalized spacial score (nSPS) is 13.2. The van der Waals surface area contributed by atoms with Crippen LogP contribution in [0.4, 0.5) is 0 Å². The van der Waals surface area contributed by atoms with E-state index in [0.717, 1.165) is 0 Å². The van der Waals surface area contributed by atoms with Crippen LogP contribution in [0.5, 0.6) is 0 Å². The number of rotatable bonds is 4. The number of fused-ring (bicyclic) bond motifs is 5. The summed E-state index contributed by atoms with van der Waals surface area (Å²) in [6, 6.07) is 55.2. The third-order valence-electron chi connectivity index (χ3n) is 8.96. The molecule has 1 heterocycles. The number of para-hydroxylation sites is 1. The van der Waals surface area contributed by atoms with Crippen molar-refractivity contribution in [1.82, 2.24) is 4.57 Å². The van der Waals surface area contributed by atoms with E-state index in [9.17, 15) is 0 Å². The first-order valence-corrected chi connectivity index (χ1v) is 14.7. The molecule has 8 rings (SSSR count). The van der Waals surface area contributed by atoms with Crippen LogP contribution in [0.1, 0.15) is 25.0 Å². The van der Waals surface area contributed by atoms with Gasteiger partial charge in [-0.25, -0.2) is 0 Å². The maximum atomic E-state index is 2.47. The number of benzene rings is 6. The first kappa shape index (κ1) is 24.6. The fourth-order valence-corrected chi connectivity index (χ4v) is 6.96. The molecule has 0 unspecified atom stereocenters. The second kappa shape index (κ2) is 9.46. The number of nitrogens with zero attached hydrogens (tertiary/aromatic N) is 1. The molecule has 200 valence electrons. The summed E-state index contributed by atoms with van der Waals surface area (Å²) in [6.45, 7) is 4.73. The lowest BCUT2D eigenvalue weighted by Crippen LogP contribution is -2.14. The molecule has 7 aromatic rings. The summed E-state index contributed by atoms with van der Waals surface area (Å²) in [5.74, 6) is 0. The summed E-state index contributed by atoms with van der Waals surface area (Å²) in [4.78, 5) is 0. The van der Waals surface area contributed by atoms with Crippen molar-refractivity contribution in [3.8, 4) is 50.3 Å². The molecule has 1 aromatic heterocycles. The fourth-order valence-electron chi connectivity index (χ4n) is 6.96. The fraction of sp³-hybridized carbons (Fsp3) is 0.0732. The lowest BCUT2D eigenvalue weighted by atomic mass is 9.81. The van der Waals surface area contributed by atoms with Gasteiger partial charge in [-0.15, -0.1) is 0 Å². The molecular weight excluding hydrogens is 506 g/mol. The SMILES string of the molecule is CC1(C)c2ccccc2-c2c1c1ccccc1n2-c1ccc(-c2cc(-c3ccccc3)cc(-c3ccccc3)c2)cc1. The molecule has 0 saturated heterocycles. The molecule has 0 aliphatic heterocycles. The van der Waals surface area contributed by atoms with Gasteiger partial charge in [0.25, 0.3) is 0 Å². The van der Waals surface area contributed by atoms with Crippen LogP contribution in [-0.2, 0) is 5.41 Å². The monoisotopic (exact) mass is 537 g/mol. The van der Waals surface area contributed by atoms with E-state index in [1.165, 1.54) is 72.4 Å². The van der Waals surface area contributed by atoms with Gasteiger partial charge in [-0.05, 0) is 80.9 Å². The third-order valence-corrected chi connectivity index (χ3v) is 8.96. The van der Waals surface area contributed by atoms with Crippen molar-refractivity contribution in [3.63, 3.8) is 0 Å². The molecule has 0 saturated carbocycles. The van der Waals surface area contributed by atoms with Crippen molar-refractivity contribution in [3.05, 3.63) is 163 Å². The molecule has 1 heteroatoms. The molecule has 42 heavy (non-hydrogen) atoms. The summed E-state index contributed by atoms with van der Waals surface area (Å²) in [5.41, 5.74) is 15.2. The average molecular weight is 538 g/mol. The minimum Gasteiger partial charge on any atom is -0.309 e. The predicted octanol–water partition coefficient (Wildman–Crippen LogP) is 10.9. The first-order chi connectivity index (χ1) is 20.6. The molecular formula is C41H31N. The van der Waals surface area contributed by atoms with E-state index in [2.05, 4.69) is 170 Å². The van der Waals surface area contributed by atoms with Gasteiger partial charge in [0.1, 0.15) is 0 Å². The van der Waals surface area contributed by atoms with E-state index in [1.807, 2.05) is 0 Å². The van der Waals surface area contributed by atoms with Crippen LogP contribution in [0, 0.1) is 0 Å². The molecule has 0 radical (unpaired) electrons. The van der Waals surface area contributed by atoms with E-state index in [0.29, 0.717) is 0 Å². The van der Waals surface area contributed by atoms with E-state index in [1.54, 1.807) is 0 Å². The topological polar surface area (TPSA) is 4.93 Å². The van der Waals surface area contributed by atoms with Crippen LogP contribution in [0.15, 0.2) is 152 Å². The summed E-state index contributed by atoms with van der Waals surface area (Å²) in [7, 11) is 0. The smallest absolute Gasteiger partial charge is 0.0584 e. The Bertz CT molecular complexity index is 2020. The zero-order chi connectivity index (χ0) is 28.3. The number of hydrogen-bond acceptors (Lipinski definition) is 0. The quantitative estimate of drug-likeness (QED) is 0.210. The van der Waals surface area contributed by atoms with Gasteiger partial charge < -0.3 is 4.57 Å². The van der Waals surface area contributed by atoms with E-state index < -0.39 is 0 Å². The molecule has 0 N–H and O–H groups in total. The van der Waals surface area contributed by atoms with Gasteiger partial charge in [0.2, 0.25) is 0 Å². The largest absolute Gasteiger partial charge is 0.309 e. The summed E-state index contributed by atoms with van der Waals surface area (Å²) >= 11 is 0. The second-order valence-electron chi connectivity index (χ2n) is 11.8. The zero-order valence-electron chi connectivity index (χ0n) is 23.9. The van der Waals surface area contributed by atoms with E-state index in [4.69, 9.17) is 0 Å². The third kappa shape index (κ3) is 3.78. The van der Waals surface area contributed by atoms with Crippen molar-refractivity contribution < 1.29 is 0 Å². The lowest BCUT2D eigenvalue weighted by molar-refractivity contribution is 0.666. The van der Waals surface area contributed by atoms with Gasteiger partial charge in [-0.3, -0.25) is 0 Å².